The Labute approximate surface area is 119 Å². The molecule has 0 radical (unpaired) electrons. The normalized spacial score (nSPS) is 13.2. The first-order valence-corrected chi connectivity index (χ1v) is 6.74. The van der Waals surface area contributed by atoms with Crippen molar-refractivity contribution in [3.8, 4) is 0 Å². The molecular formula is C14H13F3N2S. The largest absolute Gasteiger partial charge is 0.417 e. The molecule has 0 bridgehead atoms. The minimum Gasteiger partial charge on any atom is -0.324 e. The lowest BCUT2D eigenvalue weighted by molar-refractivity contribution is -0.137. The van der Waals surface area contributed by atoms with E-state index in [0.29, 0.717) is 5.03 Å². The Balaban J connectivity index is 2.10. The molecule has 1 aromatic carbocycles. The number of alkyl halides is 3. The van der Waals surface area contributed by atoms with Crippen molar-refractivity contribution in [2.75, 3.05) is 0 Å². The smallest absolute Gasteiger partial charge is 0.324 e. The van der Waals surface area contributed by atoms with Crippen LogP contribution in [0.4, 0.5) is 13.2 Å². The second-order valence-electron chi connectivity index (χ2n) is 4.34. The predicted molar refractivity (Wildman–Crippen MR) is 72.4 cm³/mol. The van der Waals surface area contributed by atoms with Crippen LogP contribution >= 0.6 is 11.8 Å². The molecule has 0 aliphatic heterocycles. The molecule has 20 heavy (non-hydrogen) atoms. The van der Waals surface area contributed by atoms with Crippen LogP contribution in [-0.4, -0.2) is 4.98 Å². The molecular weight excluding hydrogens is 285 g/mol. The number of nitrogens with two attached hydrogens (primary N) is 1. The van der Waals surface area contributed by atoms with Gasteiger partial charge in [0, 0.05) is 17.1 Å². The lowest BCUT2D eigenvalue weighted by atomic mass is 10.1. The number of hydrogen-bond donors (Lipinski definition) is 1. The Bertz CT molecular complexity index is 562. The summed E-state index contributed by atoms with van der Waals surface area (Å²) in [6.45, 7) is 1.89. The average Bonchev–Trinajstić information content (AvgIpc) is 2.39. The number of halogens is 3. The summed E-state index contributed by atoms with van der Waals surface area (Å²) in [6, 6.07) is 9.91. The number of hydrogen-bond acceptors (Lipinski definition) is 3. The fourth-order valence-corrected chi connectivity index (χ4v) is 2.32. The topological polar surface area (TPSA) is 38.9 Å². The van der Waals surface area contributed by atoms with Gasteiger partial charge in [0.15, 0.2) is 0 Å². The van der Waals surface area contributed by atoms with E-state index in [0.717, 1.165) is 22.7 Å². The lowest BCUT2D eigenvalue weighted by Crippen LogP contribution is -2.05. The summed E-state index contributed by atoms with van der Waals surface area (Å²) in [4.78, 5) is 4.72. The van der Waals surface area contributed by atoms with Crippen LogP contribution in [0.25, 0.3) is 0 Å². The Morgan fingerprint density at radius 1 is 1.10 bits per heavy atom. The fourth-order valence-electron chi connectivity index (χ4n) is 1.57. The molecule has 0 fully saturated rings. The van der Waals surface area contributed by atoms with Gasteiger partial charge < -0.3 is 5.73 Å². The highest BCUT2D eigenvalue weighted by Gasteiger charge is 2.30. The molecule has 6 heteroatoms. The third-order valence-electron chi connectivity index (χ3n) is 2.69. The predicted octanol–water partition coefficient (Wildman–Crippen LogP) is 4.27. The fraction of sp³-hybridized carbons (Fsp3) is 0.214. The minimum atomic E-state index is -4.35. The first kappa shape index (κ1) is 14.9. The molecule has 0 saturated carbocycles. The van der Waals surface area contributed by atoms with Crippen LogP contribution in [-0.2, 0) is 6.18 Å². The molecule has 1 aromatic heterocycles. The molecule has 0 aliphatic carbocycles. The zero-order valence-electron chi connectivity index (χ0n) is 10.7. The van der Waals surface area contributed by atoms with E-state index in [1.54, 1.807) is 0 Å². The first-order chi connectivity index (χ1) is 9.36. The van der Waals surface area contributed by atoms with Gasteiger partial charge in [-0.25, -0.2) is 4.98 Å². The van der Waals surface area contributed by atoms with E-state index in [-0.39, 0.29) is 6.04 Å². The average molecular weight is 298 g/mol. The maximum Gasteiger partial charge on any atom is 0.417 e. The van der Waals surface area contributed by atoms with Gasteiger partial charge >= 0.3 is 6.18 Å². The molecule has 1 heterocycles. The molecule has 0 aliphatic rings. The van der Waals surface area contributed by atoms with Crippen molar-refractivity contribution in [3.05, 3.63) is 53.7 Å². The molecule has 0 spiro atoms. The number of rotatable bonds is 3. The van der Waals surface area contributed by atoms with Gasteiger partial charge in [0.2, 0.25) is 0 Å². The second-order valence-corrected chi connectivity index (χ2v) is 5.44. The van der Waals surface area contributed by atoms with Crippen LogP contribution < -0.4 is 5.73 Å². The van der Waals surface area contributed by atoms with Gasteiger partial charge in [0.05, 0.1) is 5.56 Å². The molecule has 1 atom stereocenters. The number of aromatic nitrogens is 1. The van der Waals surface area contributed by atoms with E-state index in [2.05, 4.69) is 4.98 Å². The highest BCUT2D eigenvalue weighted by Crippen LogP contribution is 2.31. The highest BCUT2D eigenvalue weighted by atomic mass is 32.2. The van der Waals surface area contributed by atoms with Crippen LogP contribution in [0.2, 0.25) is 0 Å². The van der Waals surface area contributed by atoms with Crippen molar-refractivity contribution in [1.82, 2.24) is 4.98 Å². The van der Waals surface area contributed by atoms with Gasteiger partial charge in [0.1, 0.15) is 5.03 Å². The number of nitrogens with zero attached hydrogens (tertiary/aromatic N) is 1. The summed E-state index contributed by atoms with van der Waals surface area (Å²) in [6.07, 6.45) is -3.51. The minimum absolute atomic E-state index is 0.0433. The maximum absolute atomic E-state index is 12.4. The van der Waals surface area contributed by atoms with Crippen LogP contribution in [0.3, 0.4) is 0 Å². The molecule has 0 saturated heterocycles. The summed E-state index contributed by atoms with van der Waals surface area (Å²) in [5, 5.41) is 0.520. The van der Waals surface area contributed by atoms with E-state index in [9.17, 15) is 13.2 Å². The zero-order chi connectivity index (χ0) is 14.8. The number of pyridine rings is 1. The van der Waals surface area contributed by atoms with Crippen LogP contribution in [0.15, 0.2) is 52.5 Å². The maximum atomic E-state index is 12.4. The van der Waals surface area contributed by atoms with Crippen molar-refractivity contribution >= 4 is 11.8 Å². The van der Waals surface area contributed by atoms with E-state index < -0.39 is 11.7 Å². The van der Waals surface area contributed by atoms with E-state index in [4.69, 9.17) is 5.73 Å². The Morgan fingerprint density at radius 3 is 2.20 bits per heavy atom. The van der Waals surface area contributed by atoms with Gasteiger partial charge in [-0.3, -0.25) is 0 Å². The Kier molecular flexibility index (Phi) is 4.35. The van der Waals surface area contributed by atoms with Crippen molar-refractivity contribution in [2.24, 2.45) is 5.73 Å². The molecule has 106 valence electrons. The van der Waals surface area contributed by atoms with E-state index in [1.807, 2.05) is 31.2 Å². The van der Waals surface area contributed by atoms with Gasteiger partial charge in [-0.15, -0.1) is 0 Å². The quantitative estimate of drug-likeness (QED) is 0.919. The molecule has 2 N–H and O–H groups in total. The summed E-state index contributed by atoms with van der Waals surface area (Å²) < 4.78 is 37.2. The molecule has 0 amide bonds. The van der Waals surface area contributed by atoms with Crippen molar-refractivity contribution in [3.63, 3.8) is 0 Å². The summed E-state index contributed by atoms with van der Waals surface area (Å²) in [5.74, 6) is 0. The van der Waals surface area contributed by atoms with Crippen LogP contribution in [0.5, 0.6) is 0 Å². The number of benzene rings is 1. The third-order valence-corrected chi connectivity index (χ3v) is 3.65. The summed E-state index contributed by atoms with van der Waals surface area (Å²) in [7, 11) is 0. The molecule has 2 aromatic rings. The lowest BCUT2D eigenvalue weighted by Gasteiger charge is -2.08. The molecule has 0 unspecified atom stereocenters. The van der Waals surface area contributed by atoms with Gasteiger partial charge in [-0.2, -0.15) is 13.2 Å². The van der Waals surface area contributed by atoms with Crippen LogP contribution in [0.1, 0.15) is 24.1 Å². The van der Waals surface area contributed by atoms with Crippen LogP contribution in [0, 0.1) is 0 Å². The first-order valence-electron chi connectivity index (χ1n) is 5.93. The summed E-state index contributed by atoms with van der Waals surface area (Å²) in [5.41, 5.74) is 6.02. The Hall–Kier alpha value is -1.53. The Morgan fingerprint density at radius 2 is 1.75 bits per heavy atom. The van der Waals surface area contributed by atoms with Gasteiger partial charge in [0.25, 0.3) is 0 Å². The molecule has 2 nitrogen and oxygen atoms in total. The second kappa shape index (κ2) is 5.85. The van der Waals surface area contributed by atoms with E-state index in [1.165, 1.54) is 17.8 Å². The van der Waals surface area contributed by atoms with Gasteiger partial charge in [-0.1, -0.05) is 23.9 Å². The summed E-state index contributed by atoms with van der Waals surface area (Å²) >= 11 is 1.31. The third kappa shape index (κ3) is 3.74. The molecule has 2 rings (SSSR count). The van der Waals surface area contributed by atoms with E-state index >= 15 is 0 Å². The van der Waals surface area contributed by atoms with Crippen molar-refractivity contribution in [2.45, 2.75) is 29.1 Å². The zero-order valence-corrected chi connectivity index (χ0v) is 11.5. The SMILES string of the molecule is C[C@H](N)c1ccc(Sc2ccc(C(F)(F)F)cn2)cc1. The van der Waals surface area contributed by atoms with Crippen molar-refractivity contribution in [1.29, 1.82) is 0 Å². The van der Waals surface area contributed by atoms with Gasteiger partial charge in [-0.05, 0) is 36.8 Å². The van der Waals surface area contributed by atoms with Crippen molar-refractivity contribution < 1.29 is 13.2 Å². The standard InChI is InChI=1S/C14H13F3N2S/c1-9(18)10-2-5-12(6-3-10)20-13-7-4-11(8-19-13)14(15,16)17/h2-9H,18H2,1H3/t9-/m0/s1. The highest BCUT2D eigenvalue weighted by molar-refractivity contribution is 7.99. The monoisotopic (exact) mass is 298 g/mol.